The monoisotopic (exact) mass is 342 g/mol. The maximum atomic E-state index is 12.4. The van der Waals surface area contributed by atoms with Gasteiger partial charge in [-0.15, -0.1) is 0 Å². The Hall–Kier alpha value is -2.34. The van der Waals surface area contributed by atoms with Crippen molar-refractivity contribution in [3.8, 4) is 5.75 Å². The average Bonchev–Trinajstić information content (AvgIpc) is 2.52. The van der Waals surface area contributed by atoms with E-state index in [0.29, 0.717) is 10.6 Å². The van der Waals surface area contributed by atoms with Gasteiger partial charge in [0, 0.05) is 10.6 Å². The number of carbonyl (C=O) groups excluding carboxylic acids is 2. The fraction of sp³-hybridized carbons (Fsp3) is 0.125. The molecule has 0 bridgehead atoms. The smallest absolute Gasteiger partial charge is 0.458 e. The number of ketones is 2. The lowest BCUT2D eigenvalue weighted by Gasteiger charge is -2.12. The van der Waals surface area contributed by atoms with E-state index in [1.807, 2.05) is 0 Å². The summed E-state index contributed by atoms with van der Waals surface area (Å²) < 4.78 is 42.5. The minimum absolute atomic E-state index is 0.0514. The van der Waals surface area contributed by atoms with E-state index in [4.69, 9.17) is 16.3 Å². The third kappa shape index (κ3) is 4.10. The summed E-state index contributed by atoms with van der Waals surface area (Å²) in [5.41, 5.74) is 0.153. The maximum Gasteiger partial charge on any atom is 0.458 e. The predicted molar refractivity (Wildman–Crippen MR) is 77.6 cm³/mol. The standard InChI is InChI=1S/C16H10ClF3O3/c17-12-7-3-1-5-10(12)9-23-13-8-4-2-6-11(13)14(21)15(22)16(18,19)20/h1-8H,9H2. The molecule has 0 heterocycles. The molecule has 3 nitrogen and oxygen atoms in total. The first kappa shape index (κ1) is 17.0. The summed E-state index contributed by atoms with van der Waals surface area (Å²) in [7, 11) is 0. The van der Waals surface area contributed by atoms with Crippen LogP contribution in [-0.2, 0) is 11.4 Å². The number of hydrogen-bond donors (Lipinski definition) is 0. The molecule has 120 valence electrons. The van der Waals surface area contributed by atoms with E-state index in [1.54, 1.807) is 24.3 Å². The van der Waals surface area contributed by atoms with E-state index >= 15 is 0 Å². The van der Waals surface area contributed by atoms with Crippen molar-refractivity contribution in [2.75, 3.05) is 0 Å². The summed E-state index contributed by atoms with van der Waals surface area (Å²) in [5, 5.41) is 0.419. The largest absolute Gasteiger partial charge is 0.488 e. The number of carbonyl (C=O) groups is 2. The van der Waals surface area contributed by atoms with Crippen molar-refractivity contribution in [1.29, 1.82) is 0 Å². The predicted octanol–water partition coefficient (Wildman–Crippen LogP) is 4.23. The molecule has 0 aliphatic carbocycles. The Morgan fingerprint density at radius 3 is 2.26 bits per heavy atom. The molecule has 2 aromatic carbocycles. The third-order valence-electron chi connectivity index (χ3n) is 2.94. The lowest BCUT2D eigenvalue weighted by molar-refractivity contribution is -0.165. The molecule has 0 saturated carbocycles. The molecule has 0 atom stereocenters. The maximum absolute atomic E-state index is 12.4. The first-order chi connectivity index (χ1) is 10.8. The van der Waals surface area contributed by atoms with Gasteiger partial charge in [0.1, 0.15) is 12.4 Å². The van der Waals surface area contributed by atoms with Crippen molar-refractivity contribution in [1.82, 2.24) is 0 Å². The van der Waals surface area contributed by atoms with E-state index in [1.165, 1.54) is 18.2 Å². The summed E-state index contributed by atoms with van der Waals surface area (Å²) in [5.74, 6) is -4.21. The van der Waals surface area contributed by atoms with Crippen LogP contribution in [0.1, 0.15) is 15.9 Å². The van der Waals surface area contributed by atoms with Crippen molar-refractivity contribution in [3.05, 3.63) is 64.7 Å². The first-order valence-electron chi connectivity index (χ1n) is 6.42. The van der Waals surface area contributed by atoms with Gasteiger partial charge in [-0.05, 0) is 18.2 Å². The zero-order chi connectivity index (χ0) is 17.0. The fourth-order valence-corrected chi connectivity index (χ4v) is 1.99. The van der Waals surface area contributed by atoms with E-state index in [-0.39, 0.29) is 12.4 Å². The van der Waals surface area contributed by atoms with Gasteiger partial charge in [0.25, 0.3) is 0 Å². The summed E-state index contributed by atoms with van der Waals surface area (Å²) in [6.07, 6.45) is -5.23. The second kappa shape index (κ2) is 6.83. The Morgan fingerprint density at radius 2 is 1.61 bits per heavy atom. The molecule has 0 N–H and O–H groups in total. The number of halogens is 4. The number of para-hydroxylation sites is 1. The van der Waals surface area contributed by atoms with E-state index in [2.05, 4.69) is 0 Å². The van der Waals surface area contributed by atoms with Gasteiger partial charge >= 0.3 is 12.0 Å². The molecule has 2 aromatic rings. The van der Waals surface area contributed by atoms with Gasteiger partial charge in [-0.2, -0.15) is 13.2 Å². The molecule has 0 aliphatic heterocycles. The quantitative estimate of drug-likeness (QED) is 0.603. The highest BCUT2D eigenvalue weighted by Gasteiger charge is 2.44. The van der Waals surface area contributed by atoms with Crippen molar-refractivity contribution in [2.24, 2.45) is 0 Å². The zero-order valence-corrected chi connectivity index (χ0v) is 12.3. The van der Waals surface area contributed by atoms with Crippen LogP contribution in [0.4, 0.5) is 13.2 Å². The molecular formula is C16H10ClF3O3. The highest BCUT2D eigenvalue weighted by molar-refractivity contribution is 6.46. The molecule has 0 radical (unpaired) electrons. The molecule has 0 saturated heterocycles. The Kier molecular flexibility index (Phi) is 5.05. The molecule has 0 unspecified atom stereocenters. The fourth-order valence-electron chi connectivity index (χ4n) is 1.80. The van der Waals surface area contributed by atoms with Crippen molar-refractivity contribution >= 4 is 23.2 Å². The molecule has 0 aliphatic rings. The lowest BCUT2D eigenvalue weighted by atomic mass is 10.1. The van der Waals surface area contributed by atoms with Gasteiger partial charge < -0.3 is 4.74 Å². The summed E-state index contributed by atoms with van der Waals surface area (Å²) in [6.45, 7) is -0.0514. The van der Waals surface area contributed by atoms with Gasteiger partial charge in [-0.1, -0.05) is 41.9 Å². The van der Waals surface area contributed by atoms with Crippen LogP contribution in [0.25, 0.3) is 0 Å². The Bertz CT molecular complexity index is 741. The summed E-state index contributed by atoms with van der Waals surface area (Å²) in [6, 6.07) is 12.0. The second-order valence-corrected chi connectivity index (χ2v) is 4.94. The molecule has 2 rings (SSSR count). The second-order valence-electron chi connectivity index (χ2n) is 4.53. The van der Waals surface area contributed by atoms with Crippen molar-refractivity contribution < 1.29 is 27.5 Å². The molecule has 0 amide bonds. The van der Waals surface area contributed by atoms with Crippen LogP contribution in [0, 0.1) is 0 Å². The Morgan fingerprint density at radius 1 is 1.00 bits per heavy atom. The zero-order valence-electron chi connectivity index (χ0n) is 11.6. The SMILES string of the molecule is O=C(C(=O)C(F)(F)F)c1ccccc1OCc1ccccc1Cl. The number of Topliss-reactive ketones (excluding diaryl/α,β-unsaturated/α-hetero) is 2. The number of hydrogen-bond acceptors (Lipinski definition) is 3. The summed E-state index contributed by atoms with van der Waals surface area (Å²) in [4.78, 5) is 22.8. The molecular weight excluding hydrogens is 333 g/mol. The van der Waals surface area contributed by atoms with Crippen LogP contribution >= 0.6 is 11.6 Å². The van der Waals surface area contributed by atoms with E-state index in [9.17, 15) is 22.8 Å². The molecule has 0 fully saturated rings. The number of ether oxygens (including phenoxy) is 1. The van der Waals surface area contributed by atoms with Crippen LogP contribution in [-0.4, -0.2) is 17.7 Å². The number of rotatable bonds is 5. The van der Waals surface area contributed by atoms with Crippen molar-refractivity contribution in [3.63, 3.8) is 0 Å². The highest BCUT2D eigenvalue weighted by Crippen LogP contribution is 2.25. The van der Waals surface area contributed by atoms with Crippen LogP contribution in [0.5, 0.6) is 5.75 Å². The Balaban J connectivity index is 2.23. The number of alkyl halides is 3. The van der Waals surface area contributed by atoms with Crippen LogP contribution in [0.3, 0.4) is 0 Å². The van der Waals surface area contributed by atoms with Crippen LogP contribution < -0.4 is 4.74 Å². The van der Waals surface area contributed by atoms with Gasteiger partial charge in [0.15, 0.2) is 0 Å². The highest BCUT2D eigenvalue weighted by atomic mass is 35.5. The third-order valence-corrected chi connectivity index (χ3v) is 3.31. The number of benzene rings is 2. The van der Waals surface area contributed by atoms with Gasteiger partial charge in [-0.3, -0.25) is 9.59 Å². The van der Waals surface area contributed by atoms with E-state index in [0.717, 1.165) is 6.07 Å². The minimum atomic E-state index is -5.23. The van der Waals surface area contributed by atoms with Gasteiger partial charge in [-0.25, -0.2) is 0 Å². The van der Waals surface area contributed by atoms with Crippen molar-refractivity contribution in [2.45, 2.75) is 12.8 Å². The molecule has 7 heteroatoms. The minimum Gasteiger partial charge on any atom is -0.488 e. The van der Waals surface area contributed by atoms with Gasteiger partial charge in [0.2, 0.25) is 5.78 Å². The normalized spacial score (nSPS) is 11.1. The lowest BCUT2D eigenvalue weighted by Crippen LogP contribution is -2.31. The summed E-state index contributed by atoms with van der Waals surface area (Å²) >= 11 is 5.95. The topological polar surface area (TPSA) is 43.4 Å². The van der Waals surface area contributed by atoms with Crippen LogP contribution in [0.15, 0.2) is 48.5 Å². The Labute approximate surface area is 134 Å². The molecule has 0 spiro atoms. The first-order valence-corrected chi connectivity index (χ1v) is 6.79. The average molecular weight is 343 g/mol. The molecule has 0 aromatic heterocycles. The van der Waals surface area contributed by atoms with Crippen LogP contribution in [0.2, 0.25) is 5.02 Å². The molecule has 23 heavy (non-hydrogen) atoms. The van der Waals surface area contributed by atoms with Gasteiger partial charge in [0.05, 0.1) is 5.56 Å². The van der Waals surface area contributed by atoms with E-state index < -0.39 is 23.3 Å².